The standard InChI is InChI=1S/C17H26N2O4S/c1-13-7-5-6-8-14(13)12-24(21,22)18-15-9-10-19(11-15)16(20)23-17(2,3)4/h5-8,15,18H,9-12H2,1-4H3/t15-/m1/s1. The Hall–Kier alpha value is -1.60. The van der Waals surface area contributed by atoms with Crippen molar-refractivity contribution >= 4 is 16.1 Å². The molecule has 24 heavy (non-hydrogen) atoms. The molecule has 1 aliphatic heterocycles. The highest BCUT2D eigenvalue weighted by molar-refractivity contribution is 7.88. The molecule has 2 rings (SSSR count). The number of nitrogens with zero attached hydrogens (tertiary/aromatic N) is 1. The van der Waals surface area contributed by atoms with Crippen LogP contribution in [-0.2, 0) is 20.5 Å². The van der Waals surface area contributed by atoms with Crippen LogP contribution in [0.15, 0.2) is 24.3 Å². The molecule has 1 amide bonds. The van der Waals surface area contributed by atoms with Crippen LogP contribution < -0.4 is 4.72 Å². The molecule has 7 heteroatoms. The highest BCUT2D eigenvalue weighted by Gasteiger charge is 2.31. The molecule has 0 aliphatic carbocycles. The van der Waals surface area contributed by atoms with Crippen molar-refractivity contribution in [1.82, 2.24) is 9.62 Å². The van der Waals surface area contributed by atoms with E-state index in [0.29, 0.717) is 19.5 Å². The lowest BCUT2D eigenvalue weighted by Crippen LogP contribution is -2.40. The van der Waals surface area contributed by atoms with E-state index in [2.05, 4.69) is 4.72 Å². The van der Waals surface area contributed by atoms with Crippen LogP contribution in [0.25, 0.3) is 0 Å². The second kappa shape index (κ2) is 7.11. The third kappa shape index (κ3) is 5.49. The molecule has 1 aromatic carbocycles. The van der Waals surface area contributed by atoms with E-state index in [9.17, 15) is 13.2 Å². The van der Waals surface area contributed by atoms with Crippen LogP contribution in [-0.4, -0.2) is 44.1 Å². The Morgan fingerprint density at radius 1 is 1.33 bits per heavy atom. The first-order valence-electron chi connectivity index (χ1n) is 8.08. The van der Waals surface area contributed by atoms with Crippen LogP contribution in [0.4, 0.5) is 4.79 Å². The maximum Gasteiger partial charge on any atom is 0.410 e. The molecule has 0 saturated carbocycles. The van der Waals surface area contributed by atoms with Gasteiger partial charge < -0.3 is 9.64 Å². The SMILES string of the molecule is Cc1ccccc1CS(=O)(=O)N[C@@H]1CCN(C(=O)OC(C)(C)C)C1. The molecular formula is C17H26N2O4S. The van der Waals surface area contributed by atoms with E-state index in [1.165, 1.54) is 0 Å². The molecule has 0 bridgehead atoms. The fraction of sp³-hybridized carbons (Fsp3) is 0.588. The van der Waals surface area contributed by atoms with Crippen molar-refractivity contribution < 1.29 is 17.9 Å². The highest BCUT2D eigenvalue weighted by atomic mass is 32.2. The summed E-state index contributed by atoms with van der Waals surface area (Å²) in [5.74, 6) is -0.0530. The third-order valence-corrected chi connectivity index (χ3v) is 5.18. The van der Waals surface area contributed by atoms with E-state index in [4.69, 9.17) is 4.74 Å². The average molecular weight is 354 g/mol. The summed E-state index contributed by atoms with van der Waals surface area (Å²) in [4.78, 5) is 13.6. The predicted molar refractivity (Wildman–Crippen MR) is 93.2 cm³/mol. The van der Waals surface area contributed by atoms with Crippen molar-refractivity contribution in [3.8, 4) is 0 Å². The zero-order chi connectivity index (χ0) is 18.0. The van der Waals surface area contributed by atoms with E-state index < -0.39 is 21.7 Å². The summed E-state index contributed by atoms with van der Waals surface area (Å²) in [6.45, 7) is 8.15. The second-order valence-electron chi connectivity index (χ2n) is 7.22. The van der Waals surface area contributed by atoms with Gasteiger partial charge in [0.1, 0.15) is 5.60 Å². The van der Waals surface area contributed by atoms with Gasteiger partial charge in [-0.25, -0.2) is 17.9 Å². The van der Waals surface area contributed by atoms with E-state index >= 15 is 0 Å². The van der Waals surface area contributed by atoms with Crippen LogP contribution >= 0.6 is 0 Å². The van der Waals surface area contributed by atoms with Crippen LogP contribution in [0, 0.1) is 6.92 Å². The predicted octanol–water partition coefficient (Wildman–Crippen LogP) is 2.42. The van der Waals surface area contributed by atoms with Gasteiger partial charge in [-0.3, -0.25) is 0 Å². The number of rotatable bonds is 4. The van der Waals surface area contributed by atoms with Gasteiger partial charge >= 0.3 is 6.09 Å². The average Bonchev–Trinajstić information content (AvgIpc) is 2.87. The van der Waals surface area contributed by atoms with Gasteiger partial charge in [0, 0.05) is 19.1 Å². The summed E-state index contributed by atoms with van der Waals surface area (Å²) >= 11 is 0. The maximum absolute atomic E-state index is 12.4. The third-order valence-electron chi connectivity index (χ3n) is 3.79. The van der Waals surface area contributed by atoms with E-state index in [0.717, 1.165) is 11.1 Å². The van der Waals surface area contributed by atoms with Gasteiger partial charge in [-0.1, -0.05) is 24.3 Å². The van der Waals surface area contributed by atoms with Crippen LogP contribution in [0.5, 0.6) is 0 Å². The Balaban J connectivity index is 1.92. The number of benzene rings is 1. The Morgan fingerprint density at radius 3 is 2.62 bits per heavy atom. The molecule has 0 radical (unpaired) electrons. The Kier molecular flexibility index (Phi) is 5.55. The van der Waals surface area contributed by atoms with Crippen LogP contribution in [0.2, 0.25) is 0 Å². The summed E-state index contributed by atoms with van der Waals surface area (Å²) in [7, 11) is -3.45. The number of carbonyl (C=O) groups excluding carboxylic acids is 1. The Labute approximate surface area is 144 Å². The summed E-state index contributed by atoms with van der Waals surface area (Å²) in [6, 6.07) is 7.15. The molecule has 1 heterocycles. The Morgan fingerprint density at radius 2 is 2.00 bits per heavy atom. The van der Waals surface area contributed by atoms with E-state index in [-0.39, 0.29) is 11.8 Å². The molecule has 0 spiro atoms. The summed E-state index contributed by atoms with van der Waals surface area (Å²) < 4.78 is 32.8. The molecule has 134 valence electrons. The smallest absolute Gasteiger partial charge is 0.410 e. The summed E-state index contributed by atoms with van der Waals surface area (Å²) in [5, 5.41) is 0. The summed E-state index contributed by atoms with van der Waals surface area (Å²) in [5.41, 5.74) is 1.18. The molecule has 1 aliphatic rings. The van der Waals surface area contributed by atoms with Crippen molar-refractivity contribution in [2.75, 3.05) is 13.1 Å². The Bertz CT molecular complexity index is 695. The van der Waals surface area contributed by atoms with Crippen molar-refractivity contribution in [1.29, 1.82) is 0 Å². The lowest BCUT2D eigenvalue weighted by Gasteiger charge is -2.24. The first-order valence-corrected chi connectivity index (χ1v) is 9.73. The van der Waals surface area contributed by atoms with Gasteiger partial charge in [0.15, 0.2) is 0 Å². The fourth-order valence-corrected chi connectivity index (χ4v) is 4.14. The number of hydrogen-bond donors (Lipinski definition) is 1. The summed E-state index contributed by atoms with van der Waals surface area (Å²) in [6.07, 6.45) is 0.190. The topological polar surface area (TPSA) is 75.7 Å². The monoisotopic (exact) mass is 354 g/mol. The van der Waals surface area contributed by atoms with Crippen molar-refractivity contribution in [3.63, 3.8) is 0 Å². The fourth-order valence-electron chi connectivity index (χ4n) is 2.62. The van der Waals surface area contributed by atoms with Crippen LogP contribution in [0.3, 0.4) is 0 Å². The number of nitrogens with one attached hydrogen (secondary N) is 1. The number of hydrogen-bond acceptors (Lipinski definition) is 4. The van der Waals surface area contributed by atoms with Gasteiger partial charge in [0.05, 0.1) is 5.75 Å². The molecule has 1 fully saturated rings. The minimum absolute atomic E-state index is 0.0530. The van der Waals surface area contributed by atoms with Gasteiger partial charge in [-0.2, -0.15) is 0 Å². The van der Waals surface area contributed by atoms with Crippen molar-refractivity contribution in [2.24, 2.45) is 0 Å². The maximum atomic E-state index is 12.4. The number of amides is 1. The molecule has 1 atom stereocenters. The van der Waals surface area contributed by atoms with E-state index in [1.807, 2.05) is 52.0 Å². The van der Waals surface area contributed by atoms with Gasteiger partial charge in [0.2, 0.25) is 10.0 Å². The number of sulfonamides is 1. The largest absolute Gasteiger partial charge is 0.444 e. The lowest BCUT2D eigenvalue weighted by molar-refractivity contribution is 0.0292. The minimum atomic E-state index is -3.45. The number of aryl methyl sites for hydroxylation is 1. The number of carbonyl (C=O) groups is 1. The quantitative estimate of drug-likeness (QED) is 0.901. The van der Waals surface area contributed by atoms with Crippen LogP contribution in [0.1, 0.15) is 38.3 Å². The highest BCUT2D eigenvalue weighted by Crippen LogP contribution is 2.17. The zero-order valence-corrected chi connectivity index (χ0v) is 15.5. The van der Waals surface area contributed by atoms with E-state index in [1.54, 1.807) is 4.90 Å². The second-order valence-corrected chi connectivity index (χ2v) is 8.97. The number of ether oxygens (including phenoxy) is 1. The molecule has 1 N–H and O–H groups in total. The van der Waals surface area contributed by atoms with Crippen molar-refractivity contribution in [3.05, 3.63) is 35.4 Å². The minimum Gasteiger partial charge on any atom is -0.444 e. The number of likely N-dealkylation sites (tertiary alicyclic amines) is 1. The molecule has 0 unspecified atom stereocenters. The lowest BCUT2D eigenvalue weighted by atomic mass is 10.1. The molecular weight excluding hydrogens is 328 g/mol. The van der Waals surface area contributed by atoms with Gasteiger partial charge in [-0.15, -0.1) is 0 Å². The van der Waals surface area contributed by atoms with Crippen molar-refractivity contribution in [2.45, 2.75) is 51.5 Å². The molecule has 1 saturated heterocycles. The van der Waals surface area contributed by atoms with Gasteiger partial charge in [-0.05, 0) is 45.2 Å². The first kappa shape index (κ1) is 18.7. The normalized spacial score (nSPS) is 18.7. The molecule has 1 aromatic rings. The molecule has 0 aromatic heterocycles. The zero-order valence-electron chi connectivity index (χ0n) is 14.7. The first-order chi connectivity index (χ1) is 11.1. The van der Waals surface area contributed by atoms with Gasteiger partial charge in [0.25, 0.3) is 0 Å². The molecule has 6 nitrogen and oxygen atoms in total.